The number of hydrogen-bond donors (Lipinski definition) is 2. The van der Waals surface area contributed by atoms with Crippen LogP contribution in [0.2, 0.25) is 0 Å². The molecule has 1 saturated heterocycles. The van der Waals surface area contributed by atoms with E-state index in [0.29, 0.717) is 17.4 Å². The third-order valence-electron chi connectivity index (χ3n) is 6.40. The molecule has 3 rings (SSSR count). The topological polar surface area (TPSA) is 66.0 Å². The maximum atomic E-state index is 12.6. The van der Waals surface area contributed by atoms with Gasteiger partial charge in [0, 0.05) is 51.4 Å². The minimum atomic E-state index is 0.283. The summed E-state index contributed by atoms with van der Waals surface area (Å²) in [5.74, 6) is 1.57. The number of nitrogens with one attached hydrogen (secondary N) is 2. The van der Waals surface area contributed by atoms with Crippen molar-refractivity contribution in [3.8, 4) is 0 Å². The molecule has 1 aliphatic heterocycles. The first kappa shape index (κ1) is 20.4. The van der Waals surface area contributed by atoms with Crippen LogP contribution in [-0.2, 0) is 9.53 Å². The maximum Gasteiger partial charge on any atom is 0.225 e. The van der Waals surface area contributed by atoms with E-state index in [1.165, 1.54) is 25.7 Å². The first-order valence-electron chi connectivity index (χ1n) is 11.1. The second-order valence-electron chi connectivity index (χ2n) is 8.54. The SMILES string of the molecule is CCNC(=NCC1(CCOCC)CC1)NC1CCN(C(=O)C2CCCC2)C1. The van der Waals surface area contributed by atoms with E-state index in [-0.39, 0.29) is 5.92 Å². The molecule has 2 aliphatic carbocycles. The fourth-order valence-corrected chi connectivity index (χ4v) is 4.37. The zero-order valence-electron chi connectivity index (χ0n) is 17.3. The molecule has 2 N–H and O–H groups in total. The Hall–Kier alpha value is -1.30. The van der Waals surface area contributed by atoms with Crippen molar-refractivity contribution in [2.45, 2.75) is 71.3 Å². The Kier molecular flexibility index (Phi) is 7.39. The largest absolute Gasteiger partial charge is 0.382 e. The molecule has 27 heavy (non-hydrogen) atoms. The third kappa shape index (κ3) is 5.84. The van der Waals surface area contributed by atoms with E-state index in [4.69, 9.17) is 9.73 Å². The van der Waals surface area contributed by atoms with Gasteiger partial charge in [0.2, 0.25) is 5.91 Å². The number of rotatable bonds is 9. The van der Waals surface area contributed by atoms with Crippen LogP contribution in [-0.4, -0.2) is 62.2 Å². The number of ether oxygens (including phenoxy) is 1. The van der Waals surface area contributed by atoms with E-state index in [9.17, 15) is 4.79 Å². The minimum absolute atomic E-state index is 0.283. The van der Waals surface area contributed by atoms with Gasteiger partial charge in [-0.1, -0.05) is 12.8 Å². The second-order valence-corrected chi connectivity index (χ2v) is 8.54. The van der Waals surface area contributed by atoms with Gasteiger partial charge >= 0.3 is 0 Å². The van der Waals surface area contributed by atoms with Gasteiger partial charge in [-0.2, -0.15) is 0 Å². The molecule has 1 heterocycles. The summed E-state index contributed by atoms with van der Waals surface area (Å²) in [5, 5.41) is 6.95. The predicted molar refractivity (Wildman–Crippen MR) is 109 cm³/mol. The zero-order chi connectivity index (χ0) is 19.1. The molecule has 3 aliphatic rings. The normalized spacial score (nSPS) is 25.0. The van der Waals surface area contributed by atoms with Gasteiger partial charge in [-0.15, -0.1) is 0 Å². The van der Waals surface area contributed by atoms with Crippen LogP contribution in [0.15, 0.2) is 4.99 Å². The molecule has 0 aromatic carbocycles. The van der Waals surface area contributed by atoms with Gasteiger partial charge in [0.15, 0.2) is 5.96 Å². The molecule has 0 spiro atoms. The fourth-order valence-electron chi connectivity index (χ4n) is 4.37. The Morgan fingerprint density at radius 2 is 2.00 bits per heavy atom. The van der Waals surface area contributed by atoms with Crippen LogP contribution in [0, 0.1) is 11.3 Å². The molecule has 6 heteroatoms. The third-order valence-corrected chi connectivity index (χ3v) is 6.40. The van der Waals surface area contributed by atoms with Crippen molar-refractivity contribution in [3.63, 3.8) is 0 Å². The number of guanidine groups is 1. The number of carbonyl (C=O) groups excluding carboxylic acids is 1. The van der Waals surface area contributed by atoms with Crippen LogP contribution in [0.4, 0.5) is 0 Å². The molecule has 2 saturated carbocycles. The lowest BCUT2D eigenvalue weighted by atomic mass is 10.0. The smallest absolute Gasteiger partial charge is 0.225 e. The van der Waals surface area contributed by atoms with Gasteiger partial charge in [-0.3, -0.25) is 9.79 Å². The van der Waals surface area contributed by atoms with Crippen molar-refractivity contribution in [1.29, 1.82) is 0 Å². The number of hydrogen-bond acceptors (Lipinski definition) is 3. The lowest BCUT2D eigenvalue weighted by Crippen LogP contribution is -2.45. The van der Waals surface area contributed by atoms with Crippen LogP contribution in [0.5, 0.6) is 0 Å². The summed E-state index contributed by atoms with van der Waals surface area (Å²) < 4.78 is 5.53. The van der Waals surface area contributed by atoms with Crippen LogP contribution in [0.25, 0.3) is 0 Å². The standard InChI is InChI=1S/C21H38N4O2/c1-3-22-20(23-16-21(10-11-21)12-14-27-4-2)24-18-9-13-25(15-18)19(26)17-7-5-6-8-17/h17-18H,3-16H2,1-2H3,(H2,22,23,24). The van der Waals surface area contributed by atoms with Crippen molar-refractivity contribution >= 4 is 11.9 Å². The van der Waals surface area contributed by atoms with Crippen LogP contribution in [0.3, 0.4) is 0 Å². The van der Waals surface area contributed by atoms with E-state index in [2.05, 4.69) is 22.5 Å². The number of likely N-dealkylation sites (tertiary alicyclic amines) is 1. The summed E-state index contributed by atoms with van der Waals surface area (Å²) in [7, 11) is 0. The van der Waals surface area contributed by atoms with Gasteiger partial charge in [0.25, 0.3) is 0 Å². The highest BCUT2D eigenvalue weighted by molar-refractivity contribution is 5.81. The van der Waals surface area contributed by atoms with Crippen LogP contribution in [0.1, 0.15) is 65.2 Å². The first-order chi connectivity index (χ1) is 13.2. The lowest BCUT2D eigenvalue weighted by molar-refractivity contribution is -0.134. The molecule has 0 radical (unpaired) electrons. The van der Waals surface area contributed by atoms with E-state index in [1.807, 2.05) is 6.92 Å². The first-order valence-corrected chi connectivity index (χ1v) is 11.1. The molecular weight excluding hydrogens is 340 g/mol. The molecule has 0 bridgehead atoms. The summed E-state index contributed by atoms with van der Waals surface area (Å²) >= 11 is 0. The highest BCUT2D eigenvalue weighted by Gasteiger charge is 2.42. The quantitative estimate of drug-likeness (QED) is 0.368. The lowest BCUT2D eigenvalue weighted by Gasteiger charge is -2.22. The van der Waals surface area contributed by atoms with Gasteiger partial charge in [0.05, 0.1) is 0 Å². The Morgan fingerprint density at radius 3 is 2.67 bits per heavy atom. The fraction of sp³-hybridized carbons (Fsp3) is 0.905. The average molecular weight is 379 g/mol. The molecule has 1 atom stereocenters. The second kappa shape index (κ2) is 9.76. The average Bonchev–Trinajstić information content (AvgIpc) is 3.06. The number of carbonyl (C=O) groups is 1. The summed E-state index contributed by atoms with van der Waals surface area (Å²) in [6, 6.07) is 0.312. The van der Waals surface area contributed by atoms with Crippen molar-refractivity contribution < 1.29 is 9.53 Å². The molecule has 1 unspecified atom stereocenters. The predicted octanol–water partition coefficient (Wildman–Crippen LogP) is 2.54. The van der Waals surface area contributed by atoms with E-state index < -0.39 is 0 Å². The van der Waals surface area contributed by atoms with E-state index >= 15 is 0 Å². The van der Waals surface area contributed by atoms with E-state index in [1.54, 1.807) is 0 Å². The summed E-state index contributed by atoms with van der Waals surface area (Å²) in [6.07, 6.45) is 9.24. The van der Waals surface area contributed by atoms with Crippen molar-refractivity contribution in [3.05, 3.63) is 0 Å². The van der Waals surface area contributed by atoms with Crippen molar-refractivity contribution in [1.82, 2.24) is 15.5 Å². The van der Waals surface area contributed by atoms with E-state index in [0.717, 1.165) is 71.0 Å². The van der Waals surface area contributed by atoms with Crippen molar-refractivity contribution in [2.75, 3.05) is 39.4 Å². The molecule has 154 valence electrons. The number of aliphatic imine (C=N–C) groups is 1. The summed E-state index contributed by atoms with van der Waals surface area (Å²) in [6.45, 7) is 9.21. The highest BCUT2D eigenvalue weighted by atomic mass is 16.5. The molecule has 1 amide bonds. The Balaban J connectivity index is 1.47. The summed E-state index contributed by atoms with van der Waals surface area (Å²) in [4.78, 5) is 19.6. The Morgan fingerprint density at radius 1 is 1.22 bits per heavy atom. The maximum absolute atomic E-state index is 12.6. The minimum Gasteiger partial charge on any atom is -0.382 e. The molecular formula is C21H38N4O2. The van der Waals surface area contributed by atoms with Gasteiger partial charge in [0.1, 0.15) is 0 Å². The van der Waals surface area contributed by atoms with Crippen LogP contribution >= 0.6 is 0 Å². The van der Waals surface area contributed by atoms with Gasteiger partial charge in [-0.25, -0.2) is 0 Å². The summed E-state index contributed by atoms with van der Waals surface area (Å²) in [5.41, 5.74) is 0.359. The molecule has 6 nitrogen and oxygen atoms in total. The zero-order valence-corrected chi connectivity index (χ0v) is 17.3. The molecule has 0 aromatic rings. The Labute approximate surface area is 164 Å². The number of nitrogens with zero attached hydrogens (tertiary/aromatic N) is 2. The number of amides is 1. The van der Waals surface area contributed by atoms with Gasteiger partial charge < -0.3 is 20.3 Å². The molecule has 3 fully saturated rings. The van der Waals surface area contributed by atoms with Crippen LogP contribution < -0.4 is 10.6 Å². The monoisotopic (exact) mass is 378 g/mol. The Bertz CT molecular complexity index is 512. The molecule has 0 aromatic heterocycles. The highest BCUT2D eigenvalue weighted by Crippen LogP contribution is 2.49. The van der Waals surface area contributed by atoms with Crippen molar-refractivity contribution in [2.24, 2.45) is 16.3 Å². The van der Waals surface area contributed by atoms with Gasteiger partial charge in [-0.05, 0) is 57.8 Å².